The number of carboxylic acids is 1. The largest absolute Gasteiger partial charge is 0.480 e. The van der Waals surface area contributed by atoms with E-state index in [1.165, 1.54) is 16.8 Å². The monoisotopic (exact) mass is 637 g/mol. The number of rotatable bonds is 8. The van der Waals surface area contributed by atoms with Crippen LogP contribution in [-0.4, -0.2) is 67.8 Å². The summed E-state index contributed by atoms with van der Waals surface area (Å²) in [7, 11) is 0. The number of carboxylic acid groups (broad SMARTS) is 1. The quantitative estimate of drug-likeness (QED) is 0.218. The number of aromatic nitrogens is 4. The van der Waals surface area contributed by atoms with Crippen molar-refractivity contribution in [1.29, 1.82) is 0 Å². The first-order valence-electron chi connectivity index (χ1n) is 14.9. The van der Waals surface area contributed by atoms with Crippen molar-refractivity contribution >= 4 is 17.7 Å². The highest BCUT2D eigenvalue weighted by Gasteiger charge is 2.46. The molecule has 1 spiro atoms. The SMILES string of the molecule is Cc1ccn(-c2ccc(-c3ccc(CO)cc3)cc2[C@@H](Oc2cc(N3CCC4(CC3)CNC(C(=O)O)C4)nc(N)n2)C(F)(F)F)n1. The van der Waals surface area contributed by atoms with Gasteiger partial charge in [-0.25, -0.2) is 4.68 Å². The van der Waals surface area contributed by atoms with Crippen LogP contribution in [0.5, 0.6) is 5.88 Å². The lowest BCUT2D eigenvalue weighted by Crippen LogP contribution is -2.41. The number of aliphatic hydroxyl groups is 1. The topological polar surface area (TPSA) is 152 Å². The van der Waals surface area contributed by atoms with Crippen LogP contribution in [0.2, 0.25) is 0 Å². The Labute approximate surface area is 262 Å². The number of ether oxygens (including phenoxy) is 1. The van der Waals surface area contributed by atoms with Gasteiger partial charge in [0.25, 0.3) is 0 Å². The minimum Gasteiger partial charge on any atom is -0.480 e. The number of anilines is 2. The van der Waals surface area contributed by atoms with Crippen LogP contribution in [0.15, 0.2) is 60.8 Å². The fraction of sp³-hybridized carbons (Fsp3) is 0.375. The number of alkyl halides is 3. The maximum Gasteiger partial charge on any atom is 0.429 e. The number of aliphatic carboxylic acids is 1. The molecule has 0 aliphatic carbocycles. The van der Waals surface area contributed by atoms with Crippen molar-refractivity contribution in [2.45, 2.75) is 51.1 Å². The molecule has 2 aromatic carbocycles. The number of carbonyl (C=O) groups is 1. The summed E-state index contributed by atoms with van der Waals surface area (Å²) in [6, 6.07) is 14.0. The van der Waals surface area contributed by atoms with Crippen LogP contribution in [0.25, 0.3) is 16.8 Å². The Kier molecular flexibility index (Phi) is 8.33. The van der Waals surface area contributed by atoms with Gasteiger partial charge < -0.3 is 30.9 Å². The zero-order chi connectivity index (χ0) is 32.6. The first kappa shape index (κ1) is 31.3. The van der Waals surface area contributed by atoms with E-state index < -0.39 is 24.3 Å². The molecule has 2 fully saturated rings. The molecule has 1 unspecified atom stereocenters. The number of aryl methyl sites for hydroxylation is 1. The van der Waals surface area contributed by atoms with Gasteiger partial charge in [-0.2, -0.15) is 28.2 Å². The Balaban J connectivity index is 1.32. The molecular weight excluding hydrogens is 603 g/mol. The highest BCUT2D eigenvalue weighted by molar-refractivity contribution is 5.74. The minimum atomic E-state index is -4.86. The predicted octanol–water partition coefficient (Wildman–Crippen LogP) is 4.43. The van der Waals surface area contributed by atoms with Crippen molar-refractivity contribution in [3.05, 3.63) is 77.6 Å². The molecule has 2 atom stereocenters. The summed E-state index contributed by atoms with van der Waals surface area (Å²) in [6.45, 7) is 3.22. The van der Waals surface area contributed by atoms with E-state index in [9.17, 15) is 28.2 Å². The molecule has 46 heavy (non-hydrogen) atoms. The first-order chi connectivity index (χ1) is 21.9. The van der Waals surface area contributed by atoms with Crippen LogP contribution in [0.4, 0.5) is 24.9 Å². The maximum atomic E-state index is 14.9. The standard InChI is InChI=1S/C32H34F3N7O4/c1-19-8-11-42(40-19)25-7-6-22(21-4-2-20(17-43)3-5-21)14-23(25)28(32(33,34)35)46-27-15-26(38-30(36)39-27)41-12-9-31(10-13-41)16-24(29(44)45)37-18-31/h2-8,11,14-15,24,28,37,43H,9-10,12-13,16-18H2,1H3,(H,44,45)(H2,36,38,39)/t24?,28-/m1/s1. The van der Waals surface area contributed by atoms with Crippen molar-refractivity contribution in [2.24, 2.45) is 5.41 Å². The third kappa shape index (κ3) is 6.49. The number of nitrogens with zero attached hydrogens (tertiary/aromatic N) is 5. The van der Waals surface area contributed by atoms with Crippen molar-refractivity contribution in [1.82, 2.24) is 25.1 Å². The number of benzene rings is 2. The number of nitrogens with one attached hydrogen (secondary N) is 1. The number of aliphatic hydroxyl groups excluding tert-OH is 1. The molecule has 11 nitrogen and oxygen atoms in total. The van der Waals surface area contributed by atoms with Gasteiger partial charge in [-0.3, -0.25) is 4.79 Å². The predicted molar refractivity (Wildman–Crippen MR) is 163 cm³/mol. The summed E-state index contributed by atoms with van der Waals surface area (Å²) >= 11 is 0. The van der Waals surface area contributed by atoms with Gasteiger partial charge in [-0.15, -0.1) is 0 Å². The van der Waals surface area contributed by atoms with E-state index in [0.717, 1.165) is 0 Å². The molecule has 5 N–H and O–H groups in total. The zero-order valence-corrected chi connectivity index (χ0v) is 25.0. The van der Waals surface area contributed by atoms with E-state index in [4.69, 9.17) is 10.5 Å². The number of halogens is 3. The zero-order valence-electron chi connectivity index (χ0n) is 25.0. The summed E-state index contributed by atoms with van der Waals surface area (Å²) in [6.07, 6.45) is -3.81. The van der Waals surface area contributed by atoms with Crippen LogP contribution in [0.1, 0.15) is 42.2 Å². The fourth-order valence-electron chi connectivity index (χ4n) is 6.27. The van der Waals surface area contributed by atoms with Gasteiger partial charge in [0.15, 0.2) is 0 Å². The summed E-state index contributed by atoms with van der Waals surface area (Å²) < 4.78 is 51.8. The third-order valence-corrected chi connectivity index (χ3v) is 8.80. The number of piperidine rings is 1. The molecule has 0 saturated carbocycles. The second kappa shape index (κ2) is 12.2. The second-order valence-corrected chi connectivity index (χ2v) is 12.0. The lowest BCUT2D eigenvalue weighted by molar-refractivity contribution is -0.198. The smallest absolute Gasteiger partial charge is 0.429 e. The van der Waals surface area contributed by atoms with E-state index >= 15 is 0 Å². The molecular formula is C32H34F3N7O4. The number of hydrogen-bond donors (Lipinski definition) is 4. The summed E-state index contributed by atoms with van der Waals surface area (Å²) in [5.41, 5.74) is 8.30. The van der Waals surface area contributed by atoms with Gasteiger partial charge in [-0.05, 0) is 66.5 Å². The van der Waals surface area contributed by atoms with Gasteiger partial charge in [0.1, 0.15) is 11.9 Å². The molecule has 14 heteroatoms. The van der Waals surface area contributed by atoms with Crippen LogP contribution in [0.3, 0.4) is 0 Å². The Hall–Kier alpha value is -4.69. The fourth-order valence-corrected chi connectivity index (χ4v) is 6.27. The van der Waals surface area contributed by atoms with E-state index in [2.05, 4.69) is 20.4 Å². The number of nitrogen functional groups attached to an aromatic ring is 1. The lowest BCUT2D eigenvalue weighted by Gasteiger charge is -2.39. The summed E-state index contributed by atoms with van der Waals surface area (Å²) in [4.78, 5) is 21.7. The Morgan fingerprint density at radius 3 is 2.43 bits per heavy atom. The van der Waals surface area contributed by atoms with Gasteiger partial charge in [-0.1, -0.05) is 30.3 Å². The van der Waals surface area contributed by atoms with E-state index in [1.54, 1.807) is 55.6 Å². The Morgan fingerprint density at radius 1 is 1.11 bits per heavy atom. The Bertz CT molecular complexity index is 1720. The average Bonchev–Trinajstić information content (AvgIpc) is 3.66. The molecule has 2 aromatic heterocycles. The Morgan fingerprint density at radius 2 is 1.83 bits per heavy atom. The number of hydrogen-bond acceptors (Lipinski definition) is 9. The molecule has 2 aliphatic rings. The minimum absolute atomic E-state index is 0.155. The lowest BCUT2D eigenvalue weighted by atomic mass is 9.76. The van der Waals surface area contributed by atoms with Crippen LogP contribution < -0.4 is 20.7 Å². The van der Waals surface area contributed by atoms with Gasteiger partial charge in [0, 0.05) is 37.5 Å². The molecule has 6 rings (SSSR count). The first-order valence-corrected chi connectivity index (χ1v) is 14.9. The van der Waals surface area contributed by atoms with Crippen LogP contribution in [-0.2, 0) is 11.4 Å². The molecule has 2 aliphatic heterocycles. The van der Waals surface area contributed by atoms with Gasteiger partial charge in [0.05, 0.1) is 18.0 Å². The molecule has 0 amide bonds. The van der Waals surface area contributed by atoms with Crippen molar-refractivity contribution in [2.75, 3.05) is 30.3 Å². The summed E-state index contributed by atoms with van der Waals surface area (Å²) in [5, 5.41) is 26.2. The molecule has 2 saturated heterocycles. The molecule has 0 radical (unpaired) electrons. The molecule has 4 heterocycles. The molecule has 0 bridgehead atoms. The number of nitrogens with two attached hydrogens (primary N) is 1. The molecule has 242 valence electrons. The van der Waals surface area contributed by atoms with E-state index in [0.29, 0.717) is 67.1 Å². The summed E-state index contributed by atoms with van der Waals surface area (Å²) in [5.74, 6) is -1.11. The highest BCUT2D eigenvalue weighted by atomic mass is 19.4. The van der Waals surface area contributed by atoms with Crippen molar-refractivity contribution in [3.8, 4) is 22.7 Å². The van der Waals surface area contributed by atoms with Crippen molar-refractivity contribution < 1.29 is 32.9 Å². The second-order valence-electron chi connectivity index (χ2n) is 12.0. The maximum absolute atomic E-state index is 14.9. The average molecular weight is 638 g/mol. The third-order valence-electron chi connectivity index (χ3n) is 8.80. The van der Waals surface area contributed by atoms with Gasteiger partial charge in [0.2, 0.25) is 17.9 Å². The van der Waals surface area contributed by atoms with Gasteiger partial charge >= 0.3 is 12.1 Å². The normalized spacial score (nSPS) is 18.5. The van der Waals surface area contributed by atoms with E-state index in [1.807, 2.05) is 4.90 Å². The van der Waals surface area contributed by atoms with Crippen molar-refractivity contribution in [3.63, 3.8) is 0 Å². The van der Waals surface area contributed by atoms with Crippen LogP contribution >= 0.6 is 0 Å². The highest BCUT2D eigenvalue weighted by Crippen LogP contribution is 2.43. The van der Waals surface area contributed by atoms with E-state index in [-0.39, 0.29) is 35.1 Å². The van der Waals surface area contributed by atoms with Crippen LogP contribution in [0, 0.1) is 12.3 Å². The molecule has 4 aromatic rings.